The largest absolute Gasteiger partial charge is 0.313 e. The normalized spacial score (nSPS) is 13.5. The molecule has 0 fully saturated rings. The minimum Gasteiger partial charge on any atom is -0.313 e. The predicted octanol–water partition coefficient (Wildman–Crippen LogP) is 3.37. The van der Waals surface area contributed by atoms with Crippen molar-refractivity contribution < 1.29 is 9.59 Å². The monoisotopic (exact) mass is 322 g/mol. The summed E-state index contributed by atoms with van der Waals surface area (Å²) in [7, 11) is 0. The molecule has 0 spiro atoms. The number of nitrogens with one attached hydrogen (secondary N) is 1. The standard InChI is InChI=1S/C20H22N2O2/c1-2-3-12-21-13-15-8-4-5-9-16(15)14-22-19(23)17-10-6-7-11-18(17)20(22)24/h4-11,21H,2-3,12-14H2,1H3. The van der Waals surface area contributed by atoms with Gasteiger partial charge in [-0.2, -0.15) is 0 Å². The lowest BCUT2D eigenvalue weighted by Gasteiger charge is -2.17. The van der Waals surface area contributed by atoms with Crippen molar-refractivity contribution in [3.8, 4) is 0 Å². The highest BCUT2D eigenvalue weighted by Crippen LogP contribution is 2.25. The predicted molar refractivity (Wildman–Crippen MR) is 93.7 cm³/mol. The molecule has 0 saturated carbocycles. The summed E-state index contributed by atoms with van der Waals surface area (Å²) in [5.74, 6) is -0.409. The van der Waals surface area contributed by atoms with Gasteiger partial charge in [0.05, 0.1) is 17.7 Å². The summed E-state index contributed by atoms with van der Waals surface area (Å²) in [6, 6.07) is 15.0. The van der Waals surface area contributed by atoms with Crippen LogP contribution in [0.15, 0.2) is 48.5 Å². The molecule has 0 saturated heterocycles. The highest BCUT2D eigenvalue weighted by Gasteiger charge is 2.35. The average Bonchev–Trinajstić information content (AvgIpc) is 2.85. The molecular formula is C20H22N2O2. The lowest BCUT2D eigenvalue weighted by molar-refractivity contribution is 0.0642. The number of rotatable bonds is 7. The van der Waals surface area contributed by atoms with Crippen LogP contribution in [-0.4, -0.2) is 23.3 Å². The molecule has 1 aliphatic heterocycles. The smallest absolute Gasteiger partial charge is 0.261 e. The number of unbranched alkanes of at least 4 members (excludes halogenated alkanes) is 1. The SMILES string of the molecule is CCCCNCc1ccccc1CN1C(=O)c2ccccc2C1=O. The van der Waals surface area contributed by atoms with Crippen LogP contribution in [-0.2, 0) is 13.1 Å². The molecule has 24 heavy (non-hydrogen) atoms. The van der Waals surface area contributed by atoms with Gasteiger partial charge in [-0.3, -0.25) is 14.5 Å². The first-order valence-corrected chi connectivity index (χ1v) is 8.45. The minimum absolute atomic E-state index is 0.204. The van der Waals surface area contributed by atoms with E-state index >= 15 is 0 Å². The third-order valence-corrected chi connectivity index (χ3v) is 4.35. The van der Waals surface area contributed by atoms with Crippen LogP contribution in [0.5, 0.6) is 0 Å². The van der Waals surface area contributed by atoms with E-state index < -0.39 is 0 Å². The van der Waals surface area contributed by atoms with Crippen molar-refractivity contribution in [2.24, 2.45) is 0 Å². The molecule has 0 aromatic heterocycles. The Kier molecular flexibility index (Phi) is 5.06. The minimum atomic E-state index is -0.204. The Morgan fingerprint density at radius 2 is 1.46 bits per heavy atom. The summed E-state index contributed by atoms with van der Waals surface area (Å²) in [4.78, 5) is 26.4. The van der Waals surface area contributed by atoms with Gasteiger partial charge in [-0.15, -0.1) is 0 Å². The molecule has 0 aliphatic carbocycles. The van der Waals surface area contributed by atoms with E-state index in [0.29, 0.717) is 17.7 Å². The fourth-order valence-corrected chi connectivity index (χ4v) is 2.96. The Bertz CT molecular complexity index is 720. The van der Waals surface area contributed by atoms with Gasteiger partial charge < -0.3 is 5.32 Å². The van der Waals surface area contributed by atoms with Crippen molar-refractivity contribution >= 4 is 11.8 Å². The third kappa shape index (κ3) is 3.24. The van der Waals surface area contributed by atoms with Gasteiger partial charge in [0.25, 0.3) is 11.8 Å². The van der Waals surface area contributed by atoms with Crippen molar-refractivity contribution in [3.05, 3.63) is 70.8 Å². The second kappa shape index (κ2) is 7.41. The topological polar surface area (TPSA) is 49.4 Å². The second-order valence-corrected chi connectivity index (χ2v) is 6.04. The van der Waals surface area contributed by atoms with Crippen LogP contribution in [0.4, 0.5) is 0 Å². The Labute approximate surface area is 142 Å². The van der Waals surface area contributed by atoms with E-state index in [2.05, 4.69) is 12.2 Å². The number of imide groups is 1. The van der Waals surface area contributed by atoms with Crippen LogP contribution < -0.4 is 5.32 Å². The molecule has 2 amide bonds. The second-order valence-electron chi connectivity index (χ2n) is 6.04. The van der Waals surface area contributed by atoms with E-state index in [4.69, 9.17) is 0 Å². The maximum atomic E-state index is 12.5. The van der Waals surface area contributed by atoms with Crippen molar-refractivity contribution in [2.75, 3.05) is 6.54 Å². The number of hydrogen-bond donors (Lipinski definition) is 1. The third-order valence-electron chi connectivity index (χ3n) is 4.35. The van der Waals surface area contributed by atoms with Gasteiger partial charge in [-0.1, -0.05) is 49.7 Å². The molecule has 2 aromatic carbocycles. The molecule has 0 atom stereocenters. The molecular weight excluding hydrogens is 300 g/mol. The highest BCUT2D eigenvalue weighted by atomic mass is 16.2. The van der Waals surface area contributed by atoms with Crippen molar-refractivity contribution in [1.82, 2.24) is 10.2 Å². The van der Waals surface area contributed by atoms with E-state index in [0.717, 1.165) is 37.1 Å². The number of carbonyl (C=O) groups excluding carboxylic acids is 2. The zero-order valence-corrected chi connectivity index (χ0v) is 13.9. The molecule has 1 heterocycles. The number of fused-ring (bicyclic) bond motifs is 1. The first-order chi connectivity index (χ1) is 11.7. The van der Waals surface area contributed by atoms with Gasteiger partial charge in [0, 0.05) is 6.54 Å². The molecule has 1 aliphatic rings. The molecule has 0 radical (unpaired) electrons. The van der Waals surface area contributed by atoms with Crippen LogP contribution >= 0.6 is 0 Å². The summed E-state index contributed by atoms with van der Waals surface area (Å²) < 4.78 is 0. The molecule has 4 nitrogen and oxygen atoms in total. The lowest BCUT2D eigenvalue weighted by Crippen LogP contribution is -2.30. The van der Waals surface area contributed by atoms with Crippen LogP contribution in [0.2, 0.25) is 0 Å². The Hall–Kier alpha value is -2.46. The Morgan fingerprint density at radius 1 is 0.875 bits per heavy atom. The number of carbonyl (C=O) groups is 2. The van der Waals surface area contributed by atoms with Gasteiger partial charge in [-0.05, 0) is 36.2 Å². The maximum Gasteiger partial charge on any atom is 0.261 e. The molecule has 0 bridgehead atoms. The molecule has 124 valence electrons. The number of benzene rings is 2. The van der Waals surface area contributed by atoms with Crippen LogP contribution in [0.3, 0.4) is 0 Å². The number of hydrogen-bond acceptors (Lipinski definition) is 3. The first-order valence-electron chi connectivity index (χ1n) is 8.45. The van der Waals surface area contributed by atoms with Gasteiger partial charge in [0.15, 0.2) is 0 Å². The molecule has 0 unspecified atom stereocenters. The van der Waals surface area contributed by atoms with Crippen molar-refractivity contribution in [2.45, 2.75) is 32.9 Å². The van der Waals surface area contributed by atoms with Crippen molar-refractivity contribution in [3.63, 3.8) is 0 Å². The van der Waals surface area contributed by atoms with Gasteiger partial charge in [0.1, 0.15) is 0 Å². The van der Waals surface area contributed by atoms with Gasteiger partial charge in [0.2, 0.25) is 0 Å². The van der Waals surface area contributed by atoms with E-state index in [1.165, 1.54) is 4.90 Å². The summed E-state index contributed by atoms with van der Waals surface area (Å²) >= 11 is 0. The quantitative estimate of drug-likeness (QED) is 0.628. The Balaban J connectivity index is 1.75. The highest BCUT2D eigenvalue weighted by molar-refractivity contribution is 6.21. The molecule has 3 rings (SSSR count). The zero-order valence-electron chi connectivity index (χ0n) is 13.9. The fraction of sp³-hybridized carbons (Fsp3) is 0.300. The summed E-state index contributed by atoms with van der Waals surface area (Å²) in [6.07, 6.45) is 2.30. The van der Waals surface area contributed by atoms with E-state index in [1.54, 1.807) is 24.3 Å². The van der Waals surface area contributed by atoms with Crippen LogP contribution in [0.25, 0.3) is 0 Å². The number of nitrogens with zero attached hydrogens (tertiary/aromatic N) is 1. The maximum absolute atomic E-state index is 12.5. The molecule has 4 heteroatoms. The lowest BCUT2D eigenvalue weighted by atomic mass is 10.1. The zero-order chi connectivity index (χ0) is 16.9. The van der Waals surface area contributed by atoms with Crippen LogP contribution in [0.1, 0.15) is 51.6 Å². The summed E-state index contributed by atoms with van der Waals surface area (Å²) in [5.41, 5.74) is 3.14. The fourth-order valence-electron chi connectivity index (χ4n) is 2.96. The molecule has 1 N–H and O–H groups in total. The average molecular weight is 322 g/mol. The van der Waals surface area contributed by atoms with E-state index in [-0.39, 0.29) is 11.8 Å². The Morgan fingerprint density at radius 3 is 2.08 bits per heavy atom. The van der Waals surface area contributed by atoms with Gasteiger partial charge >= 0.3 is 0 Å². The first kappa shape index (κ1) is 16.4. The van der Waals surface area contributed by atoms with Crippen molar-refractivity contribution in [1.29, 1.82) is 0 Å². The summed E-state index contributed by atoms with van der Waals surface area (Å²) in [6.45, 7) is 4.20. The number of amides is 2. The molecule has 2 aromatic rings. The van der Waals surface area contributed by atoms with E-state index in [9.17, 15) is 9.59 Å². The van der Waals surface area contributed by atoms with Crippen LogP contribution in [0, 0.1) is 0 Å². The summed E-state index contributed by atoms with van der Waals surface area (Å²) in [5, 5.41) is 3.42. The van der Waals surface area contributed by atoms with E-state index in [1.807, 2.05) is 24.3 Å². The van der Waals surface area contributed by atoms with Gasteiger partial charge in [-0.25, -0.2) is 0 Å².